The molecule has 4 nitrogen and oxygen atoms in total. The minimum absolute atomic E-state index is 0.126. The monoisotopic (exact) mass is 255 g/mol. The molecule has 5 heteroatoms. The summed E-state index contributed by atoms with van der Waals surface area (Å²) in [5.41, 5.74) is 3.27. The van der Waals surface area contributed by atoms with Gasteiger partial charge in [0.15, 0.2) is 0 Å². The Balaban J connectivity index is 3.06. The molecule has 1 rings (SSSR count). The van der Waals surface area contributed by atoms with Gasteiger partial charge in [0, 0.05) is 12.8 Å². The van der Waals surface area contributed by atoms with Crippen molar-refractivity contribution >= 4 is 0 Å². The van der Waals surface area contributed by atoms with E-state index in [1.54, 1.807) is 6.20 Å². The number of nitrogens with one attached hydrogen (secondary N) is 1. The van der Waals surface area contributed by atoms with Crippen molar-refractivity contribution in [3.63, 3.8) is 0 Å². The SMILES string of the molecule is CCOC(C(NN)c1cncc(F)c1)C(C)(C)C. The Morgan fingerprint density at radius 3 is 2.56 bits per heavy atom. The van der Waals surface area contributed by atoms with Crippen LogP contribution >= 0.6 is 0 Å². The zero-order valence-electron chi connectivity index (χ0n) is 11.4. The number of nitrogens with two attached hydrogens (primary N) is 1. The Bertz CT molecular complexity index is 379. The van der Waals surface area contributed by atoms with Gasteiger partial charge in [-0.05, 0) is 24.0 Å². The molecule has 0 saturated heterocycles. The number of ether oxygens (including phenoxy) is 1. The summed E-state index contributed by atoms with van der Waals surface area (Å²) in [5.74, 6) is 5.22. The molecule has 1 aromatic rings. The molecule has 0 bridgehead atoms. The van der Waals surface area contributed by atoms with Gasteiger partial charge in [0.05, 0.1) is 18.3 Å². The summed E-state index contributed by atoms with van der Waals surface area (Å²) in [7, 11) is 0. The van der Waals surface area contributed by atoms with Crippen LogP contribution < -0.4 is 11.3 Å². The lowest BCUT2D eigenvalue weighted by Gasteiger charge is -2.36. The second-order valence-electron chi connectivity index (χ2n) is 5.32. The van der Waals surface area contributed by atoms with Crippen LogP contribution in [-0.4, -0.2) is 17.7 Å². The van der Waals surface area contributed by atoms with Crippen molar-refractivity contribution in [2.24, 2.45) is 11.3 Å². The molecule has 0 aliphatic heterocycles. The lowest BCUT2D eigenvalue weighted by molar-refractivity contribution is -0.0367. The van der Waals surface area contributed by atoms with Crippen molar-refractivity contribution in [3.8, 4) is 0 Å². The van der Waals surface area contributed by atoms with Crippen molar-refractivity contribution < 1.29 is 9.13 Å². The highest BCUT2D eigenvalue weighted by atomic mass is 19.1. The summed E-state index contributed by atoms with van der Waals surface area (Å²) >= 11 is 0. The maximum absolute atomic E-state index is 13.2. The van der Waals surface area contributed by atoms with E-state index in [0.29, 0.717) is 12.2 Å². The van der Waals surface area contributed by atoms with E-state index in [0.717, 1.165) is 0 Å². The summed E-state index contributed by atoms with van der Waals surface area (Å²) in [6.45, 7) is 8.68. The molecule has 1 aromatic heterocycles. The van der Waals surface area contributed by atoms with Gasteiger partial charge in [0.1, 0.15) is 5.82 Å². The Hall–Kier alpha value is -1.04. The first-order valence-electron chi connectivity index (χ1n) is 6.08. The normalized spacial score (nSPS) is 15.4. The molecule has 0 spiro atoms. The summed E-state index contributed by atoms with van der Waals surface area (Å²) < 4.78 is 19.0. The third-order valence-corrected chi connectivity index (χ3v) is 2.77. The van der Waals surface area contributed by atoms with Crippen LogP contribution in [0.4, 0.5) is 4.39 Å². The number of hydrogen-bond acceptors (Lipinski definition) is 4. The fourth-order valence-electron chi connectivity index (χ4n) is 1.98. The first-order chi connectivity index (χ1) is 8.40. The number of hydrogen-bond donors (Lipinski definition) is 2. The fraction of sp³-hybridized carbons (Fsp3) is 0.615. The summed E-state index contributed by atoms with van der Waals surface area (Å²) in [5, 5.41) is 0. The molecule has 0 amide bonds. The predicted octanol–water partition coefficient (Wildman–Crippen LogP) is 2.18. The molecule has 2 unspecified atom stereocenters. The summed E-state index contributed by atoms with van der Waals surface area (Å²) in [6, 6.07) is 1.13. The van der Waals surface area contributed by atoms with Crippen LogP contribution in [0.2, 0.25) is 0 Å². The first kappa shape index (κ1) is 15.0. The fourth-order valence-corrected chi connectivity index (χ4v) is 1.98. The van der Waals surface area contributed by atoms with Gasteiger partial charge in [-0.25, -0.2) is 4.39 Å². The highest BCUT2D eigenvalue weighted by Crippen LogP contribution is 2.32. The highest BCUT2D eigenvalue weighted by molar-refractivity contribution is 5.17. The number of rotatable bonds is 5. The largest absolute Gasteiger partial charge is 0.376 e. The molecule has 1 heterocycles. The molecule has 0 fully saturated rings. The van der Waals surface area contributed by atoms with Gasteiger partial charge >= 0.3 is 0 Å². The molecule has 0 aliphatic carbocycles. The van der Waals surface area contributed by atoms with E-state index in [9.17, 15) is 4.39 Å². The van der Waals surface area contributed by atoms with Gasteiger partial charge in [0.2, 0.25) is 0 Å². The molecule has 102 valence electrons. The predicted molar refractivity (Wildman–Crippen MR) is 69.1 cm³/mol. The summed E-state index contributed by atoms with van der Waals surface area (Å²) in [6.07, 6.45) is 2.60. The van der Waals surface area contributed by atoms with Crippen LogP contribution in [0.3, 0.4) is 0 Å². The van der Waals surface area contributed by atoms with Gasteiger partial charge in [-0.1, -0.05) is 20.8 Å². The van der Waals surface area contributed by atoms with Gasteiger partial charge < -0.3 is 4.74 Å². The molecule has 0 saturated carbocycles. The van der Waals surface area contributed by atoms with Gasteiger partial charge in [-0.3, -0.25) is 16.3 Å². The minimum atomic E-state index is -0.378. The van der Waals surface area contributed by atoms with E-state index in [4.69, 9.17) is 10.6 Å². The Morgan fingerprint density at radius 2 is 2.11 bits per heavy atom. The first-order valence-corrected chi connectivity index (χ1v) is 6.08. The Morgan fingerprint density at radius 1 is 1.44 bits per heavy atom. The third-order valence-electron chi connectivity index (χ3n) is 2.77. The molecular formula is C13H22FN3O. The van der Waals surface area contributed by atoms with Crippen molar-refractivity contribution in [1.82, 2.24) is 10.4 Å². The number of hydrazine groups is 1. The van der Waals surface area contributed by atoms with Crippen LogP contribution in [0.1, 0.15) is 39.3 Å². The topological polar surface area (TPSA) is 60.2 Å². The van der Waals surface area contributed by atoms with Crippen molar-refractivity contribution in [2.75, 3.05) is 6.61 Å². The molecule has 18 heavy (non-hydrogen) atoms. The van der Waals surface area contributed by atoms with Crippen molar-refractivity contribution in [1.29, 1.82) is 0 Å². The zero-order chi connectivity index (χ0) is 13.8. The molecule has 0 aromatic carbocycles. The van der Waals surface area contributed by atoms with Gasteiger partial charge in [-0.2, -0.15) is 0 Å². The second-order valence-corrected chi connectivity index (χ2v) is 5.32. The lowest BCUT2D eigenvalue weighted by atomic mass is 9.82. The van der Waals surface area contributed by atoms with E-state index < -0.39 is 0 Å². The molecule has 2 atom stereocenters. The van der Waals surface area contributed by atoms with E-state index in [2.05, 4.69) is 31.2 Å². The number of pyridine rings is 1. The smallest absolute Gasteiger partial charge is 0.141 e. The number of aromatic nitrogens is 1. The Kier molecular flexibility index (Phi) is 5.19. The second kappa shape index (κ2) is 6.22. The zero-order valence-corrected chi connectivity index (χ0v) is 11.4. The quantitative estimate of drug-likeness (QED) is 0.625. The van der Waals surface area contributed by atoms with E-state index >= 15 is 0 Å². The van der Waals surface area contributed by atoms with E-state index in [1.807, 2.05) is 6.92 Å². The molecule has 0 aliphatic rings. The molecular weight excluding hydrogens is 233 g/mol. The standard InChI is InChI=1S/C13H22FN3O/c1-5-18-12(13(2,3)4)11(17-15)9-6-10(14)8-16-7-9/h6-8,11-12,17H,5,15H2,1-4H3. The highest BCUT2D eigenvalue weighted by Gasteiger charge is 2.33. The van der Waals surface area contributed by atoms with Crippen LogP contribution in [-0.2, 0) is 4.74 Å². The van der Waals surface area contributed by atoms with Crippen molar-refractivity contribution in [2.45, 2.75) is 39.8 Å². The summed E-state index contributed by atoms with van der Waals surface area (Å²) in [4.78, 5) is 3.85. The van der Waals surface area contributed by atoms with Crippen LogP contribution in [0.15, 0.2) is 18.5 Å². The van der Waals surface area contributed by atoms with Gasteiger partial charge in [0.25, 0.3) is 0 Å². The number of halogens is 1. The maximum atomic E-state index is 13.2. The average molecular weight is 255 g/mol. The van der Waals surface area contributed by atoms with Crippen LogP contribution in [0.5, 0.6) is 0 Å². The Labute approximate surface area is 108 Å². The van der Waals surface area contributed by atoms with E-state index in [1.165, 1.54) is 12.3 Å². The van der Waals surface area contributed by atoms with Crippen LogP contribution in [0.25, 0.3) is 0 Å². The molecule has 3 N–H and O–H groups in total. The average Bonchev–Trinajstić information content (AvgIpc) is 2.28. The van der Waals surface area contributed by atoms with Crippen LogP contribution in [0, 0.1) is 11.2 Å². The van der Waals surface area contributed by atoms with E-state index in [-0.39, 0.29) is 23.4 Å². The number of nitrogens with zero attached hydrogens (tertiary/aromatic N) is 1. The van der Waals surface area contributed by atoms with Crippen molar-refractivity contribution in [3.05, 3.63) is 29.8 Å². The molecule has 0 radical (unpaired) electrons. The third kappa shape index (κ3) is 3.73. The van der Waals surface area contributed by atoms with Gasteiger partial charge in [-0.15, -0.1) is 0 Å². The minimum Gasteiger partial charge on any atom is -0.376 e. The lowest BCUT2D eigenvalue weighted by Crippen LogP contribution is -2.44. The maximum Gasteiger partial charge on any atom is 0.141 e.